The Balaban J connectivity index is 2.04. The highest BCUT2D eigenvalue weighted by molar-refractivity contribution is 5.03. The quantitative estimate of drug-likeness (QED) is 0.473. The Kier molecular flexibility index (Phi) is 2.53. The third-order valence-electron chi connectivity index (χ3n) is 3.62. The predicted molar refractivity (Wildman–Crippen MR) is 53.1 cm³/mol. The molecule has 0 N–H and O–H groups in total. The van der Waals surface area contributed by atoms with Gasteiger partial charge in [0.25, 0.3) is 0 Å². The minimum Gasteiger partial charge on any atom is -0.0880 e. The lowest BCUT2D eigenvalue weighted by molar-refractivity contribution is 0.339. The molecule has 1 saturated carbocycles. The molecule has 0 atom stereocenters. The van der Waals surface area contributed by atoms with Gasteiger partial charge in [-0.15, -0.1) is 0 Å². The average Bonchev–Trinajstić information content (AvgIpc) is 2.47. The Morgan fingerprint density at radius 2 is 1.42 bits per heavy atom. The van der Waals surface area contributed by atoms with Crippen molar-refractivity contribution in [2.75, 3.05) is 0 Å². The number of hydrogen-bond acceptors (Lipinski definition) is 0. The highest BCUT2D eigenvalue weighted by atomic mass is 14.3. The van der Waals surface area contributed by atoms with Crippen LogP contribution in [0.1, 0.15) is 57.8 Å². The number of allylic oxidation sites excluding steroid dienone is 2. The van der Waals surface area contributed by atoms with E-state index in [1.165, 1.54) is 57.8 Å². The van der Waals surface area contributed by atoms with E-state index < -0.39 is 0 Å². The maximum atomic E-state index is 2.55. The van der Waals surface area contributed by atoms with Crippen molar-refractivity contribution in [2.24, 2.45) is 5.41 Å². The molecule has 0 heteroatoms. The molecule has 0 saturated heterocycles. The molecular formula is C12H20. The molecule has 0 heterocycles. The van der Waals surface area contributed by atoms with Gasteiger partial charge in [0.1, 0.15) is 0 Å². The molecule has 12 heavy (non-hydrogen) atoms. The van der Waals surface area contributed by atoms with Crippen molar-refractivity contribution in [1.29, 1.82) is 0 Å². The normalized spacial score (nSPS) is 28.7. The molecule has 2 aliphatic rings. The Bertz CT molecular complexity index is 161. The van der Waals surface area contributed by atoms with Gasteiger partial charge in [-0.05, 0) is 37.5 Å². The number of hydrogen-bond donors (Lipinski definition) is 0. The summed E-state index contributed by atoms with van der Waals surface area (Å²) >= 11 is 0. The van der Waals surface area contributed by atoms with Crippen LogP contribution in [0.15, 0.2) is 12.2 Å². The lowest BCUT2D eigenvalue weighted by Gasteiger charge is -2.26. The van der Waals surface area contributed by atoms with E-state index in [4.69, 9.17) is 0 Å². The van der Waals surface area contributed by atoms with Gasteiger partial charge in [-0.3, -0.25) is 0 Å². The molecule has 0 aliphatic heterocycles. The number of rotatable bonds is 0. The molecule has 0 aromatic rings. The molecule has 68 valence electrons. The second-order valence-electron chi connectivity index (χ2n) is 4.57. The van der Waals surface area contributed by atoms with Crippen molar-refractivity contribution in [3.05, 3.63) is 12.2 Å². The standard InChI is InChI=1S/C12H20/c1-2-4-8-12(9-5-3-1)10-6-7-11-12/h4,8H,1-3,5-7,9-11H2. The molecule has 0 unspecified atom stereocenters. The zero-order valence-corrected chi connectivity index (χ0v) is 8.02. The summed E-state index contributed by atoms with van der Waals surface area (Å²) in [6, 6.07) is 0. The van der Waals surface area contributed by atoms with E-state index in [-0.39, 0.29) is 0 Å². The van der Waals surface area contributed by atoms with Gasteiger partial charge in [-0.1, -0.05) is 37.8 Å². The van der Waals surface area contributed by atoms with E-state index in [9.17, 15) is 0 Å². The largest absolute Gasteiger partial charge is 0.0880 e. The van der Waals surface area contributed by atoms with E-state index in [2.05, 4.69) is 12.2 Å². The molecular weight excluding hydrogens is 144 g/mol. The minimum atomic E-state index is 0.667. The fraction of sp³-hybridized carbons (Fsp3) is 0.833. The smallest absolute Gasteiger partial charge is 0.0118 e. The zero-order valence-electron chi connectivity index (χ0n) is 8.02. The van der Waals surface area contributed by atoms with Crippen LogP contribution in [0.3, 0.4) is 0 Å². The molecule has 0 nitrogen and oxygen atoms in total. The molecule has 0 bridgehead atoms. The van der Waals surface area contributed by atoms with E-state index >= 15 is 0 Å². The van der Waals surface area contributed by atoms with Crippen LogP contribution in [0, 0.1) is 5.41 Å². The first-order valence-electron chi connectivity index (χ1n) is 5.59. The summed E-state index contributed by atoms with van der Waals surface area (Å²) in [6.45, 7) is 0. The van der Waals surface area contributed by atoms with Gasteiger partial charge in [-0.25, -0.2) is 0 Å². The van der Waals surface area contributed by atoms with Gasteiger partial charge in [0, 0.05) is 0 Å². The first-order valence-corrected chi connectivity index (χ1v) is 5.59. The van der Waals surface area contributed by atoms with Gasteiger partial charge >= 0.3 is 0 Å². The van der Waals surface area contributed by atoms with Crippen molar-refractivity contribution in [1.82, 2.24) is 0 Å². The summed E-state index contributed by atoms with van der Waals surface area (Å²) in [7, 11) is 0. The molecule has 0 aromatic carbocycles. The molecule has 0 radical (unpaired) electrons. The second kappa shape index (κ2) is 3.64. The van der Waals surface area contributed by atoms with Crippen LogP contribution in [-0.4, -0.2) is 0 Å². The average molecular weight is 164 g/mol. The van der Waals surface area contributed by atoms with Crippen LogP contribution in [0.5, 0.6) is 0 Å². The van der Waals surface area contributed by atoms with Crippen LogP contribution in [0.4, 0.5) is 0 Å². The minimum absolute atomic E-state index is 0.667. The van der Waals surface area contributed by atoms with Crippen LogP contribution in [0.25, 0.3) is 0 Å². The Hall–Kier alpha value is -0.260. The van der Waals surface area contributed by atoms with Crippen molar-refractivity contribution in [3.63, 3.8) is 0 Å². The van der Waals surface area contributed by atoms with Gasteiger partial charge in [0.2, 0.25) is 0 Å². The summed E-state index contributed by atoms with van der Waals surface area (Å²) in [5, 5.41) is 0. The van der Waals surface area contributed by atoms with Crippen LogP contribution in [0.2, 0.25) is 0 Å². The van der Waals surface area contributed by atoms with E-state index in [1.54, 1.807) is 0 Å². The van der Waals surface area contributed by atoms with Crippen molar-refractivity contribution in [3.8, 4) is 0 Å². The summed E-state index contributed by atoms with van der Waals surface area (Å²) in [5.41, 5.74) is 0.667. The Morgan fingerprint density at radius 3 is 2.17 bits per heavy atom. The van der Waals surface area contributed by atoms with Crippen LogP contribution in [-0.2, 0) is 0 Å². The molecule has 1 fully saturated rings. The summed E-state index contributed by atoms with van der Waals surface area (Å²) < 4.78 is 0. The van der Waals surface area contributed by atoms with Gasteiger partial charge in [0.15, 0.2) is 0 Å². The maximum absolute atomic E-state index is 2.55. The topological polar surface area (TPSA) is 0 Å². The first kappa shape index (κ1) is 8.34. The summed E-state index contributed by atoms with van der Waals surface area (Å²) in [5.74, 6) is 0. The second-order valence-corrected chi connectivity index (χ2v) is 4.57. The third-order valence-corrected chi connectivity index (χ3v) is 3.62. The monoisotopic (exact) mass is 164 g/mol. The molecule has 2 rings (SSSR count). The predicted octanol–water partition coefficient (Wildman–Crippen LogP) is 4.07. The highest BCUT2D eigenvalue weighted by Gasteiger charge is 2.30. The Morgan fingerprint density at radius 1 is 0.750 bits per heavy atom. The van der Waals surface area contributed by atoms with Crippen molar-refractivity contribution in [2.45, 2.75) is 57.8 Å². The molecule has 0 aromatic heterocycles. The van der Waals surface area contributed by atoms with E-state index in [0.717, 1.165) is 0 Å². The van der Waals surface area contributed by atoms with Crippen LogP contribution >= 0.6 is 0 Å². The lowest BCUT2D eigenvalue weighted by atomic mass is 9.79. The highest BCUT2D eigenvalue weighted by Crippen LogP contribution is 2.44. The fourth-order valence-corrected chi connectivity index (χ4v) is 2.83. The van der Waals surface area contributed by atoms with Gasteiger partial charge in [0.05, 0.1) is 0 Å². The molecule has 2 aliphatic carbocycles. The first-order chi connectivity index (χ1) is 5.91. The van der Waals surface area contributed by atoms with Crippen molar-refractivity contribution >= 4 is 0 Å². The van der Waals surface area contributed by atoms with Crippen LogP contribution < -0.4 is 0 Å². The molecule has 1 spiro atoms. The summed E-state index contributed by atoms with van der Waals surface area (Å²) in [4.78, 5) is 0. The van der Waals surface area contributed by atoms with Gasteiger partial charge in [-0.2, -0.15) is 0 Å². The zero-order chi connectivity index (χ0) is 8.28. The third kappa shape index (κ3) is 1.73. The fourth-order valence-electron chi connectivity index (χ4n) is 2.83. The Labute approximate surface area is 76.1 Å². The lowest BCUT2D eigenvalue weighted by Crippen LogP contribution is -2.13. The maximum Gasteiger partial charge on any atom is -0.0118 e. The van der Waals surface area contributed by atoms with E-state index in [1.807, 2.05) is 0 Å². The summed E-state index contributed by atoms with van der Waals surface area (Å²) in [6.07, 6.45) is 18.1. The van der Waals surface area contributed by atoms with E-state index in [0.29, 0.717) is 5.41 Å². The van der Waals surface area contributed by atoms with Gasteiger partial charge < -0.3 is 0 Å². The van der Waals surface area contributed by atoms with Crippen molar-refractivity contribution < 1.29 is 0 Å². The SMILES string of the molecule is C1=CC2(CCCCC1)CCCC2. The molecule has 0 amide bonds.